The highest BCUT2D eigenvalue weighted by Gasteiger charge is 2.24. The van der Waals surface area contributed by atoms with Gasteiger partial charge in [-0.3, -0.25) is 19.2 Å². The van der Waals surface area contributed by atoms with Crippen LogP contribution in [0.25, 0.3) is 22.0 Å². The van der Waals surface area contributed by atoms with Crippen LogP contribution in [0.4, 0.5) is 0 Å². The molecule has 2 aliphatic carbocycles. The number of benzene rings is 2. The smallest absolute Gasteiger partial charge is 0.163 e. The third-order valence-corrected chi connectivity index (χ3v) is 8.80. The number of Topliss-reactive ketones (excluding diaryl/α,β-unsaturated/α-hetero) is 2. The number of nitrogens with zero attached hydrogens (tertiary/aromatic N) is 3. The van der Waals surface area contributed by atoms with Gasteiger partial charge < -0.3 is 4.74 Å². The van der Waals surface area contributed by atoms with Crippen molar-refractivity contribution in [1.29, 1.82) is 0 Å². The summed E-state index contributed by atoms with van der Waals surface area (Å²) in [5, 5.41) is 5.71. The molecule has 3 aromatic rings. The van der Waals surface area contributed by atoms with Gasteiger partial charge in [-0.05, 0) is 73.1 Å². The first-order chi connectivity index (χ1) is 19.5. The Kier molecular flexibility index (Phi) is 7.81. The zero-order valence-electron chi connectivity index (χ0n) is 23.7. The molecule has 6 nitrogen and oxygen atoms in total. The third kappa shape index (κ3) is 5.61. The van der Waals surface area contributed by atoms with Gasteiger partial charge in [0.05, 0.1) is 31.0 Å². The summed E-state index contributed by atoms with van der Waals surface area (Å²) in [6.07, 6.45) is 9.90. The zero-order chi connectivity index (χ0) is 27.6. The topological polar surface area (TPSA) is 64.4 Å². The van der Waals surface area contributed by atoms with Crippen LogP contribution < -0.4 is 0 Å². The van der Waals surface area contributed by atoms with E-state index in [4.69, 9.17) is 9.84 Å². The lowest BCUT2D eigenvalue weighted by molar-refractivity contribution is -0.115. The van der Waals surface area contributed by atoms with Gasteiger partial charge in [0.15, 0.2) is 11.6 Å². The van der Waals surface area contributed by atoms with E-state index in [1.165, 1.54) is 18.4 Å². The number of allylic oxidation sites excluding steroid dienone is 4. The number of carbonyl (C=O) groups is 2. The van der Waals surface area contributed by atoms with Crippen molar-refractivity contribution in [1.82, 2.24) is 14.7 Å². The Bertz CT molecular complexity index is 1480. The Morgan fingerprint density at radius 1 is 1.02 bits per heavy atom. The van der Waals surface area contributed by atoms with Crippen molar-refractivity contribution in [3.8, 4) is 11.1 Å². The molecular weight excluding hydrogens is 498 g/mol. The molecule has 0 spiro atoms. The van der Waals surface area contributed by atoms with Crippen molar-refractivity contribution in [2.24, 2.45) is 0 Å². The quantitative estimate of drug-likeness (QED) is 0.294. The van der Waals surface area contributed by atoms with Crippen molar-refractivity contribution in [3.63, 3.8) is 0 Å². The van der Waals surface area contributed by atoms with E-state index in [-0.39, 0.29) is 11.6 Å². The molecule has 1 saturated heterocycles. The molecule has 1 aliphatic heterocycles. The molecule has 0 atom stereocenters. The Labute approximate surface area is 236 Å². The second kappa shape index (κ2) is 11.6. The van der Waals surface area contributed by atoms with Crippen LogP contribution in [0, 0.1) is 0 Å². The number of hydrogen-bond donors (Lipinski definition) is 0. The van der Waals surface area contributed by atoms with Gasteiger partial charge in [0.25, 0.3) is 0 Å². The Morgan fingerprint density at radius 3 is 2.50 bits per heavy atom. The first-order valence-corrected chi connectivity index (χ1v) is 14.8. The molecule has 2 heterocycles. The van der Waals surface area contributed by atoms with E-state index in [0.29, 0.717) is 30.9 Å². The molecule has 1 saturated carbocycles. The lowest BCUT2D eigenvalue weighted by atomic mass is 9.88. The molecule has 2 fully saturated rings. The first kappa shape index (κ1) is 26.9. The molecule has 0 amide bonds. The minimum absolute atomic E-state index is 0.0705. The van der Waals surface area contributed by atoms with E-state index in [0.717, 1.165) is 84.4 Å². The van der Waals surface area contributed by atoms with E-state index in [9.17, 15) is 9.59 Å². The maximum Gasteiger partial charge on any atom is 0.163 e. The fraction of sp³-hybridized carbons (Fsp3) is 0.441. The minimum Gasteiger partial charge on any atom is -0.379 e. The predicted octanol–water partition coefficient (Wildman–Crippen LogP) is 6.85. The summed E-state index contributed by atoms with van der Waals surface area (Å²) in [7, 11) is 0. The van der Waals surface area contributed by atoms with E-state index < -0.39 is 0 Å². The van der Waals surface area contributed by atoms with Crippen molar-refractivity contribution in [2.45, 2.75) is 71.4 Å². The summed E-state index contributed by atoms with van der Waals surface area (Å²) < 4.78 is 7.64. The van der Waals surface area contributed by atoms with Crippen LogP contribution in [0.5, 0.6) is 0 Å². The zero-order valence-corrected chi connectivity index (χ0v) is 23.7. The Morgan fingerprint density at radius 2 is 1.77 bits per heavy atom. The molecule has 0 unspecified atom stereocenters. The summed E-state index contributed by atoms with van der Waals surface area (Å²) in [5.74, 6) is 0.219. The van der Waals surface area contributed by atoms with Crippen molar-refractivity contribution in [3.05, 3.63) is 76.5 Å². The summed E-state index contributed by atoms with van der Waals surface area (Å²) >= 11 is 0. The van der Waals surface area contributed by atoms with Crippen LogP contribution in [0.1, 0.15) is 80.8 Å². The third-order valence-electron chi connectivity index (χ3n) is 8.80. The van der Waals surface area contributed by atoms with Crippen LogP contribution in [0.15, 0.2) is 65.4 Å². The second-order valence-electron chi connectivity index (χ2n) is 11.7. The van der Waals surface area contributed by atoms with Crippen LogP contribution in [0.2, 0.25) is 0 Å². The Hall–Kier alpha value is -3.35. The number of carbonyl (C=O) groups excluding carboxylic acids is 2. The van der Waals surface area contributed by atoms with Crippen molar-refractivity contribution in [2.75, 3.05) is 26.3 Å². The average Bonchev–Trinajstić information content (AvgIpc) is 3.63. The van der Waals surface area contributed by atoms with Gasteiger partial charge >= 0.3 is 0 Å². The number of ether oxygens (including phenoxy) is 1. The highest BCUT2D eigenvalue weighted by atomic mass is 16.5. The predicted molar refractivity (Wildman–Crippen MR) is 158 cm³/mol. The maximum absolute atomic E-state index is 13.8. The van der Waals surface area contributed by atoms with E-state index in [2.05, 4.69) is 46.0 Å². The number of hydrogen-bond acceptors (Lipinski definition) is 5. The molecule has 1 aromatic heterocycles. The molecule has 6 rings (SSSR count). The summed E-state index contributed by atoms with van der Waals surface area (Å²) in [6, 6.07) is 13.4. The monoisotopic (exact) mass is 537 g/mol. The van der Waals surface area contributed by atoms with Crippen LogP contribution in [0.3, 0.4) is 0 Å². The van der Waals surface area contributed by atoms with Gasteiger partial charge in [0.1, 0.15) is 0 Å². The fourth-order valence-electron chi connectivity index (χ4n) is 6.60. The number of ketones is 2. The standard InChI is InChI=1S/C34H39N3O3/c1-23-17-24(2)29(34(39)18-23)11-12-33(38)30-19-27(20-32-31(30)21-35-37(32)28-5-3-4-6-28)26-9-7-25(8-10-26)22-36-13-15-40-16-14-36/h7-10,17,19-21,28H,3-6,11-16,18,22H2,1-2H3. The summed E-state index contributed by atoms with van der Waals surface area (Å²) in [6.45, 7) is 8.41. The van der Waals surface area contributed by atoms with Gasteiger partial charge in [0.2, 0.25) is 0 Å². The minimum atomic E-state index is 0.0705. The molecule has 208 valence electrons. The average molecular weight is 538 g/mol. The normalized spacial score (nSPS) is 19.1. The molecule has 0 radical (unpaired) electrons. The van der Waals surface area contributed by atoms with Crippen molar-refractivity contribution < 1.29 is 14.3 Å². The molecule has 40 heavy (non-hydrogen) atoms. The molecule has 6 heteroatoms. The highest BCUT2D eigenvalue weighted by Crippen LogP contribution is 2.36. The number of morpholine rings is 1. The van der Waals surface area contributed by atoms with E-state index >= 15 is 0 Å². The molecule has 0 N–H and O–H groups in total. The van der Waals surface area contributed by atoms with Gasteiger partial charge in [0, 0.05) is 43.4 Å². The largest absolute Gasteiger partial charge is 0.379 e. The number of fused-ring (bicyclic) bond motifs is 1. The molecule has 2 aromatic carbocycles. The second-order valence-corrected chi connectivity index (χ2v) is 11.7. The molecular formula is C34H39N3O3. The van der Waals surface area contributed by atoms with Gasteiger partial charge in [-0.2, -0.15) is 5.10 Å². The number of aromatic nitrogens is 2. The maximum atomic E-state index is 13.8. The van der Waals surface area contributed by atoms with Crippen LogP contribution in [-0.2, 0) is 16.1 Å². The SMILES string of the molecule is CC1=CC(C)=C(CCC(=O)c2cc(-c3ccc(CN4CCOCC4)cc3)cc3c2cnn3C2CCCC2)C(=O)C1. The molecule has 3 aliphatic rings. The van der Waals surface area contributed by atoms with Gasteiger partial charge in [-0.15, -0.1) is 0 Å². The lowest BCUT2D eigenvalue weighted by Crippen LogP contribution is -2.35. The molecule has 0 bridgehead atoms. The van der Waals surface area contributed by atoms with Crippen molar-refractivity contribution >= 4 is 22.5 Å². The van der Waals surface area contributed by atoms with E-state index in [1.54, 1.807) is 0 Å². The van der Waals surface area contributed by atoms with Crippen LogP contribution >= 0.6 is 0 Å². The van der Waals surface area contributed by atoms with Gasteiger partial charge in [-0.1, -0.05) is 48.8 Å². The number of rotatable bonds is 8. The van der Waals surface area contributed by atoms with Crippen LogP contribution in [-0.4, -0.2) is 52.6 Å². The summed E-state index contributed by atoms with van der Waals surface area (Å²) in [5.41, 5.74) is 8.04. The summed E-state index contributed by atoms with van der Waals surface area (Å²) in [4.78, 5) is 28.9. The van der Waals surface area contributed by atoms with Gasteiger partial charge in [-0.25, -0.2) is 0 Å². The lowest BCUT2D eigenvalue weighted by Gasteiger charge is -2.26. The van der Waals surface area contributed by atoms with E-state index in [1.807, 2.05) is 26.1 Å². The fourth-order valence-corrected chi connectivity index (χ4v) is 6.60. The highest BCUT2D eigenvalue weighted by molar-refractivity contribution is 6.09. The Balaban J connectivity index is 1.31. The first-order valence-electron chi connectivity index (χ1n) is 14.8.